The predicted molar refractivity (Wildman–Crippen MR) is 54.0 cm³/mol. The van der Waals surface area contributed by atoms with Crippen molar-refractivity contribution in [1.29, 1.82) is 0 Å². The lowest BCUT2D eigenvalue weighted by atomic mass is 9.87. The third-order valence-corrected chi connectivity index (χ3v) is 3.41. The lowest BCUT2D eigenvalue weighted by Crippen LogP contribution is -2.08. The Morgan fingerprint density at radius 3 is 2.08 bits per heavy atom. The Kier molecular flexibility index (Phi) is 4.07. The molecule has 0 aliphatic heterocycles. The first kappa shape index (κ1) is 10.0. The smallest absolute Gasteiger partial charge is 0.0106 e. The second-order valence-electron chi connectivity index (χ2n) is 4.25. The van der Waals surface area contributed by atoms with Crippen molar-refractivity contribution in [2.75, 3.05) is 6.54 Å². The van der Waals surface area contributed by atoms with Crippen LogP contribution >= 0.6 is 0 Å². The Morgan fingerprint density at radius 1 is 1.17 bits per heavy atom. The maximum Gasteiger partial charge on any atom is -0.0106 e. The summed E-state index contributed by atoms with van der Waals surface area (Å²) in [4.78, 5) is 0. The molecule has 0 radical (unpaired) electrons. The number of fused-ring (bicyclic) bond motifs is 2. The summed E-state index contributed by atoms with van der Waals surface area (Å²) in [7, 11) is 0. The van der Waals surface area contributed by atoms with Crippen molar-refractivity contribution in [3.63, 3.8) is 0 Å². The summed E-state index contributed by atoms with van der Waals surface area (Å²) in [6.45, 7) is 5.01. The Balaban J connectivity index is 0.000000213. The minimum Gasteiger partial charge on any atom is -0.331 e. The monoisotopic (exact) mass is 169 g/mol. The second kappa shape index (κ2) is 4.86. The molecule has 0 spiro atoms. The molecule has 2 bridgehead atoms. The van der Waals surface area contributed by atoms with Crippen molar-refractivity contribution in [3.05, 3.63) is 0 Å². The van der Waals surface area contributed by atoms with Gasteiger partial charge in [0.1, 0.15) is 0 Å². The largest absolute Gasteiger partial charge is 0.331 e. The summed E-state index contributed by atoms with van der Waals surface area (Å²) < 4.78 is 0. The molecule has 2 fully saturated rings. The summed E-state index contributed by atoms with van der Waals surface area (Å²) in [5, 5.41) is 0. The molecule has 12 heavy (non-hydrogen) atoms. The van der Waals surface area contributed by atoms with Crippen molar-refractivity contribution >= 4 is 0 Å². The third-order valence-electron chi connectivity index (χ3n) is 3.41. The van der Waals surface area contributed by atoms with Gasteiger partial charge < -0.3 is 5.73 Å². The SMILES string of the molecule is CCC1CC2CCC1C2.CCN. The van der Waals surface area contributed by atoms with Gasteiger partial charge >= 0.3 is 0 Å². The van der Waals surface area contributed by atoms with Gasteiger partial charge in [0, 0.05) is 0 Å². The van der Waals surface area contributed by atoms with Crippen molar-refractivity contribution in [3.8, 4) is 0 Å². The topological polar surface area (TPSA) is 26.0 Å². The van der Waals surface area contributed by atoms with E-state index in [1.54, 1.807) is 25.7 Å². The molecule has 2 saturated carbocycles. The fourth-order valence-electron chi connectivity index (χ4n) is 2.88. The van der Waals surface area contributed by atoms with E-state index < -0.39 is 0 Å². The Hall–Kier alpha value is -0.0400. The van der Waals surface area contributed by atoms with Crippen molar-refractivity contribution in [2.24, 2.45) is 23.5 Å². The molecule has 0 saturated heterocycles. The molecule has 0 heterocycles. The highest BCUT2D eigenvalue weighted by Crippen LogP contribution is 2.49. The number of hydrogen-bond donors (Lipinski definition) is 1. The van der Waals surface area contributed by atoms with Crippen LogP contribution in [0.1, 0.15) is 46.0 Å². The van der Waals surface area contributed by atoms with E-state index in [-0.39, 0.29) is 0 Å². The predicted octanol–water partition coefficient (Wildman–Crippen LogP) is 2.80. The van der Waals surface area contributed by atoms with E-state index in [0.29, 0.717) is 0 Å². The van der Waals surface area contributed by atoms with E-state index >= 15 is 0 Å². The minimum atomic E-state index is 0.750. The fourth-order valence-corrected chi connectivity index (χ4v) is 2.88. The summed E-state index contributed by atoms with van der Waals surface area (Å²) in [5.41, 5.74) is 4.85. The average Bonchev–Trinajstić information content (AvgIpc) is 2.65. The van der Waals surface area contributed by atoms with Gasteiger partial charge in [0.05, 0.1) is 0 Å². The first-order chi connectivity index (χ1) is 5.81. The molecule has 1 nitrogen and oxygen atoms in total. The zero-order valence-electron chi connectivity index (χ0n) is 8.55. The minimum absolute atomic E-state index is 0.750. The van der Waals surface area contributed by atoms with E-state index in [9.17, 15) is 0 Å². The number of nitrogens with two attached hydrogens (primary N) is 1. The highest BCUT2D eigenvalue weighted by molar-refractivity contribution is 4.88. The van der Waals surface area contributed by atoms with Crippen LogP contribution in [0.25, 0.3) is 0 Å². The number of rotatable bonds is 1. The summed E-state index contributed by atoms with van der Waals surface area (Å²) >= 11 is 0. The third kappa shape index (κ3) is 2.22. The van der Waals surface area contributed by atoms with Crippen LogP contribution in [0.3, 0.4) is 0 Å². The molecular weight excluding hydrogens is 146 g/mol. The summed E-state index contributed by atoms with van der Waals surface area (Å²) in [6.07, 6.45) is 7.71. The van der Waals surface area contributed by atoms with E-state index in [4.69, 9.17) is 5.73 Å². The van der Waals surface area contributed by atoms with Gasteiger partial charge in [-0.1, -0.05) is 26.7 Å². The second-order valence-corrected chi connectivity index (χ2v) is 4.25. The molecular formula is C11H23N. The molecule has 0 aromatic heterocycles. The van der Waals surface area contributed by atoms with Crippen molar-refractivity contribution in [2.45, 2.75) is 46.0 Å². The Morgan fingerprint density at radius 2 is 1.83 bits per heavy atom. The van der Waals surface area contributed by atoms with Crippen molar-refractivity contribution < 1.29 is 0 Å². The van der Waals surface area contributed by atoms with Crippen LogP contribution in [0.4, 0.5) is 0 Å². The van der Waals surface area contributed by atoms with Gasteiger partial charge in [-0.25, -0.2) is 0 Å². The van der Waals surface area contributed by atoms with Gasteiger partial charge in [0.2, 0.25) is 0 Å². The molecule has 0 aromatic rings. The van der Waals surface area contributed by atoms with Crippen LogP contribution < -0.4 is 5.73 Å². The van der Waals surface area contributed by atoms with E-state index in [1.165, 1.54) is 6.42 Å². The lowest BCUT2D eigenvalue weighted by Gasteiger charge is -2.18. The number of hydrogen-bond acceptors (Lipinski definition) is 1. The van der Waals surface area contributed by atoms with Gasteiger partial charge in [0.15, 0.2) is 0 Å². The Labute approximate surface area is 76.7 Å². The quantitative estimate of drug-likeness (QED) is 0.642. The van der Waals surface area contributed by atoms with Crippen LogP contribution in [-0.4, -0.2) is 6.54 Å². The fraction of sp³-hybridized carbons (Fsp3) is 1.00. The first-order valence-electron chi connectivity index (χ1n) is 5.51. The van der Waals surface area contributed by atoms with Crippen LogP contribution in [0.2, 0.25) is 0 Å². The molecule has 0 amide bonds. The standard InChI is InChI=1S/C9H16.C2H7N/c1-2-8-5-7-3-4-9(8)6-7;1-2-3/h7-9H,2-6H2,1H3;2-3H2,1H3. The maximum absolute atomic E-state index is 4.85. The average molecular weight is 169 g/mol. The summed E-state index contributed by atoms with van der Waals surface area (Å²) in [5.74, 6) is 3.43. The lowest BCUT2D eigenvalue weighted by molar-refractivity contribution is 0.324. The van der Waals surface area contributed by atoms with E-state index in [0.717, 1.165) is 24.3 Å². The highest BCUT2D eigenvalue weighted by atomic mass is 14.5. The van der Waals surface area contributed by atoms with Crippen LogP contribution in [0.5, 0.6) is 0 Å². The molecule has 72 valence electrons. The van der Waals surface area contributed by atoms with Gasteiger partial charge in [0.25, 0.3) is 0 Å². The molecule has 2 N–H and O–H groups in total. The molecule has 1 heteroatoms. The maximum atomic E-state index is 4.85. The normalized spacial score (nSPS) is 37.8. The zero-order chi connectivity index (χ0) is 8.97. The van der Waals surface area contributed by atoms with Crippen LogP contribution in [0.15, 0.2) is 0 Å². The van der Waals surface area contributed by atoms with Gasteiger partial charge in [-0.3, -0.25) is 0 Å². The van der Waals surface area contributed by atoms with E-state index in [1.807, 2.05) is 6.92 Å². The first-order valence-corrected chi connectivity index (χ1v) is 5.51. The van der Waals surface area contributed by atoms with Crippen molar-refractivity contribution in [1.82, 2.24) is 0 Å². The highest BCUT2D eigenvalue weighted by Gasteiger charge is 2.37. The molecule has 0 aromatic carbocycles. The van der Waals surface area contributed by atoms with Gasteiger partial charge in [-0.05, 0) is 43.6 Å². The van der Waals surface area contributed by atoms with E-state index in [2.05, 4.69) is 6.92 Å². The van der Waals surface area contributed by atoms with Crippen LogP contribution in [0, 0.1) is 17.8 Å². The van der Waals surface area contributed by atoms with Gasteiger partial charge in [-0.2, -0.15) is 0 Å². The molecule has 2 rings (SSSR count). The molecule has 2 aliphatic carbocycles. The molecule has 2 aliphatic rings. The molecule has 3 atom stereocenters. The van der Waals surface area contributed by atoms with Gasteiger partial charge in [-0.15, -0.1) is 0 Å². The summed E-state index contributed by atoms with van der Waals surface area (Å²) in [6, 6.07) is 0. The Bertz CT molecular complexity index is 122. The molecule has 3 unspecified atom stereocenters. The zero-order valence-corrected chi connectivity index (χ0v) is 8.55. The van der Waals surface area contributed by atoms with Crippen LogP contribution in [-0.2, 0) is 0 Å².